The average molecular weight is 399 g/mol. The standard InChI is InChI=1S/C18H11F6N3O/c19-7-14-15(16(17(23)24)27-26-14)18(28)25-13-4-2-1-3-8(13)9-5-11(21)12(22)6-10(9)20/h1-6,17H,7H2,(H,25,28)(H,26,27). The van der Waals surface area contributed by atoms with Crippen molar-refractivity contribution in [2.24, 2.45) is 0 Å². The number of nitrogens with one attached hydrogen (secondary N) is 2. The third kappa shape index (κ3) is 3.57. The molecule has 3 rings (SSSR count). The molecule has 0 saturated heterocycles. The molecule has 10 heteroatoms. The fourth-order valence-electron chi connectivity index (χ4n) is 2.64. The van der Waals surface area contributed by atoms with Gasteiger partial charge in [-0.1, -0.05) is 18.2 Å². The lowest BCUT2D eigenvalue weighted by atomic mass is 10.0. The topological polar surface area (TPSA) is 57.8 Å². The number of benzene rings is 2. The number of para-hydroxylation sites is 1. The highest BCUT2D eigenvalue weighted by atomic mass is 19.3. The monoisotopic (exact) mass is 399 g/mol. The Morgan fingerprint density at radius 3 is 2.39 bits per heavy atom. The zero-order valence-electron chi connectivity index (χ0n) is 13.9. The summed E-state index contributed by atoms with van der Waals surface area (Å²) in [5, 5.41) is 7.52. The first-order chi connectivity index (χ1) is 13.3. The molecule has 2 aromatic carbocycles. The van der Waals surface area contributed by atoms with Gasteiger partial charge in [0.1, 0.15) is 18.2 Å². The molecule has 2 N–H and O–H groups in total. The SMILES string of the molecule is O=C(Nc1ccccc1-c1cc(F)c(F)cc1F)c1c(C(F)F)n[nH]c1CF. The summed E-state index contributed by atoms with van der Waals surface area (Å²) in [5.74, 6) is -4.92. The van der Waals surface area contributed by atoms with Crippen molar-refractivity contribution in [1.29, 1.82) is 0 Å². The van der Waals surface area contributed by atoms with Crippen LogP contribution >= 0.6 is 0 Å². The molecule has 0 radical (unpaired) electrons. The van der Waals surface area contributed by atoms with Gasteiger partial charge in [-0.15, -0.1) is 0 Å². The Kier molecular flexibility index (Phi) is 5.39. The van der Waals surface area contributed by atoms with Crippen LogP contribution in [-0.2, 0) is 6.67 Å². The highest BCUT2D eigenvalue weighted by Gasteiger charge is 2.27. The summed E-state index contributed by atoms with van der Waals surface area (Å²) in [6, 6.07) is 6.44. The molecule has 1 aromatic heterocycles. The minimum absolute atomic E-state index is 0.0314. The van der Waals surface area contributed by atoms with Gasteiger partial charge in [0.15, 0.2) is 11.6 Å². The molecule has 1 heterocycles. The molecule has 146 valence electrons. The van der Waals surface area contributed by atoms with Gasteiger partial charge in [-0.2, -0.15) is 5.10 Å². The second kappa shape index (κ2) is 7.75. The maximum Gasteiger partial charge on any atom is 0.282 e. The fraction of sp³-hybridized carbons (Fsp3) is 0.111. The zero-order chi connectivity index (χ0) is 20.4. The minimum atomic E-state index is -3.14. The van der Waals surface area contributed by atoms with Crippen molar-refractivity contribution in [3.8, 4) is 11.1 Å². The molecule has 28 heavy (non-hydrogen) atoms. The number of alkyl halides is 3. The Labute approximate surface area is 154 Å². The lowest BCUT2D eigenvalue weighted by Crippen LogP contribution is -2.16. The third-order valence-corrected chi connectivity index (χ3v) is 3.91. The van der Waals surface area contributed by atoms with Crippen LogP contribution in [0.15, 0.2) is 36.4 Å². The predicted octanol–water partition coefficient (Wildman–Crippen LogP) is 5.15. The van der Waals surface area contributed by atoms with Gasteiger partial charge in [0, 0.05) is 22.9 Å². The Morgan fingerprint density at radius 1 is 1.04 bits per heavy atom. The number of amides is 1. The van der Waals surface area contributed by atoms with Crippen molar-refractivity contribution in [2.45, 2.75) is 13.1 Å². The second-order valence-corrected chi connectivity index (χ2v) is 5.64. The zero-order valence-corrected chi connectivity index (χ0v) is 13.9. The number of hydrogen-bond donors (Lipinski definition) is 2. The molecule has 0 saturated carbocycles. The second-order valence-electron chi connectivity index (χ2n) is 5.64. The summed E-state index contributed by atoms with van der Waals surface area (Å²) in [5.41, 5.74) is -2.55. The molecular formula is C18H11F6N3O. The van der Waals surface area contributed by atoms with Gasteiger partial charge in [-0.05, 0) is 12.1 Å². The van der Waals surface area contributed by atoms with Crippen molar-refractivity contribution >= 4 is 11.6 Å². The molecule has 0 spiro atoms. The van der Waals surface area contributed by atoms with E-state index in [4.69, 9.17) is 0 Å². The van der Waals surface area contributed by atoms with Crippen LogP contribution in [0.1, 0.15) is 28.2 Å². The Morgan fingerprint density at radius 2 is 1.71 bits per heavy atom. The summed E-state index contributed by atoms with van der Waals surface area (Å²) in [4.78, 5) is 12.5. The van der Waals surface area contributed by atoms with E-state index in [1.165, 1.54) is 24.3 Å². The number of nitrogens with zero attached hydrogens (tertiary/aromatic N) is 1. The lowest BCUT2D eigenvalue weighted by Gasteiger charge is -2.13. The summed E-state index contributed by atoms with van der Waals surface area (Å²) in [6.45, 7) is -1.25. The largest absolute Gasteiger partial charge is 0.321 e. The van der Waals surface area contributed by atoms with Gasteiger partial charge in [0.2, 0.25) is 0 Å². The van der Waals surface area contributed by atoms with Gasteiger partial charge < -0.3 is 5.32 Å². The van der Waals surface area contributed by atoms with Gasteiger partial charge in [0.25, 0.3) is 12.3 Å². The maximum absolute atomic E-state index is 14.1. The summed E-state index contributed by atoms with van der Waals surface area (Å²) in [7, 11) is 0. The van der Waals surface area contributed by atoms with E-state index in [-0.39, 0.29) is 16.8 Å². The molecule has 0 aliphatic rings. The summed E-state index contributed by atoms with van der Waals surface area (Å²) in [6.07, 6.45) is -3.14. The highest BCUT2D eigenvalue weighted by molar-refractivity contribution is 6.07. The molecule has 1 amide bonds. The van der Waals surface area contributed by atoms with E-state index in [0.717, 1.165) is 0 Å². The Bertz CT molecular complexity index is 1030. The van der Waals surface area contributed by atoms with Crippen molar-refractivity contribution in [3.05, 3.63) is 70.8 Å². The van der Waals surface area contributed by atoms with Gasteiger partial charge in [-0.25, -0.2) is 26.3 Å². The van der Waals surface area contributed by atoms with E-state index < -0.39 is 53.4 Å². The van der Waals surface area contributed by atoms with Crippen LogP contribution in [0.2, 0.25) is 0 Å². The molecule has 0 aliphatic heterocycles. The van der Waals surface area contributed by atoms with Crippen molar-refractivity contribution in [1.82, 2.24) is 10.2 Å². The molecule has 0 fully saturated rings. The van der Waals surface area contributed by atoms with E-state index >= 15 is 0 Å². The van der Waals surface area contributed by atoms with E-state index in [0.29, 0.717) is 12.1 Å². The van der Waals surface area contributed by atoms with Crippen LogP contribution in [0.5, 0.6) is 0 Å². The lowest BCUT2D eigenvalue weighted by molar-refractivity contribution is 0.100. The number of rotatable bonds is 5. The van der Waals surface area contributed by atoms with Crippen molar-refractivity contribution in [3.63, 3.8) is 0 Å². The number of aromatic nitrogens is 2. The number of halogens is 6. The Hall–Kier alpha value is -3.30. The highest BCUT2D eigenvalue weighted by Crippen LogP contribution is 2.32. The van der Waals surface area contributed by atoms with E-state index in [2.05, 4.69) is 10.4 Å². The normalized spacial score (nSPS) is 11.1. The minimum Gasteiger partial charge on any atom is -0.321 e. The van der Waals surface area contributed by atoms with Crippen LogP contribution in [0.3, 0.4) is 0 Å². The van der Waals surface area contributed by atoms with Gasteiger partial charge in [0.05, 0.1) is 11.3 Å². The third-order valence-electron chi connectivity index (χ3n) is 3.91. The molecule has 4 nitrogen and oxygen atoms in total. The molecule has 0 unspecified atom stereocenters. The van der Waals surface area contributed by atoms with E-state index in [1.807, 2.05) is 5.10 Å². The van der Waals surface area contributed by atoms with Crippen LogP contribution in [-0.4, -0.2) is 16.1 Å². The molecular weight excluding hydrogens is 388 g/mol. The number of carbonyl (C=O) groups is 1. The maximum atomic E-state index is 14.1. The first-order valence-electron chi connectivity index (χ1n) is 7.80. The van der Waals surface area contributed by atoms with Crippen LogP contribution in [0.4, 0.5) is 32.0 Å². The number of H-pyrrole nitrogens is 1. The van der Waals surface area contributed by atoms with Crippen molar-refractivity contribution in [2.75, 3.05) is 5.32 Å². The Balaban J connectivity index is 2.03. The first kappa shape index (κ1) is 19.5. The van der Waals surface area contributed by atoms with Crippen LogP contribution < -0.4 is 5.32 Å². The number of hydrogen-bond acceptors (Lipinski definition) is 2. The molecule has 0 bridgehead atoms. The van der Waals surface area contributed by atoms with Gasteiger partial charge >= 0.3 is 0 Å². The number of anilines is 1. The number of aromatic amines is 1. The molecule has 3 aromatic rings. The van der Waals surface area contributed by atoms with Crippen LogP contribution in [0, 0.1) is 17.5 Å². The average Bonchev–Trinajstić information content (AvgIpc) is 3.10. The van der Waals surface area contributed by atoms with E-state index in [9.17, 15) is 31.1 Å². The summed E-state index contributed by atoms with van der Waals surface area (Å²) >= 11 is 0. The quantitative estimate of drug-likeness (QED) is 0.460. The smallest absolute Gasteiger partial charge is 0.282 e. The predicted molar refractivity (Wildman–Crippen MR) is 88.1 cm³/mol. The fourth-order valence-corrected chi connectivity index (χ4v) is 2.64. The van der Waals surface area contributed by atoms with Crippen molar-refractivity contribution < 1.29 is 31.1 Å². The molecule has 0 atom stereocenters. The summed E-state index contributed by atoms with van der Waals surface area (Å²) < 4.78 is 79.9. The van der Waals surface area contributed by atoms with E-state index in [1.54, 1.807) is 0 Å². The van der Waals surface area contributed by atoms with Crippen LogP contribution in [0.25, 0.3) is 11.1 Å². The van der Waals surface area contributed by atoms with Gasteiger partial charge in [-0.3, -0.25) is 9.89 Å². The number of carbonyl (C=O) groups excluding carboxylic acids is 1. The molecule has 0 aliphatic carbocycles. The first-order valence-corrected chi connectivity index (χ1v) is 7.80.